The molecule has 2 aromatic rings. The fraction of sp³-hybridized carbons (Fsp3) is 0.250. The molecule has 1 aromatic heterocycles. The molecular formula is C12H12N2S. The zero-order chi connectivity index (χ0) is 10.7. The SMILES string of the molecule is CC(C#N)CNc1ccc2sccc2c1. The van der Waals surface area contributed by atoms with E-state index in [9.17, 15) is 0 Å². The Morgan fingerprint density at radius 3 is 3.13 bits per heavy atom. The van der Waals surface area contributed by atoms with E-state index < -0.39 is 0 Å². The van der Waals surface area contributed by atoms with Gasteiger partial charge in [0.2, 0.25) is 0 Å². The van der Waals surface area contributed by atoms with E-state index in [-0.39, 0.29) is 5.92 Å². The number of hydrogen-bond acceptors (Lipinski definition) is 3. The maximum Gasteiger partial charge on any atom is 0.0671 e. The first-order chi connectivity index (χ1) is 7.29. The largest absolute Gasteiger partial charge is 0.384 e. The van der Waals surface area contributed by atoms with Crippen LogP contribution in [-0.2, 0) is 0 Å². The Morgan fingerprint density at radius 2 is 2.33 bits per heavy atom. The molecule has 1 atom stereocenters. The molecule has 0 saturated carbocycles. The minimum atomic E-state index is 0.0446. The van der Waals surface area contributed by atoms with E-state index in [1.54, 1.807) is 11.3 Å². The molecule has 0 fully saturated rings. The Morgan fingerprint density at radius 1 is 1.47 bits per heavy atom. The van der Waals surface area contributed by atoms with Crippen molar-refractivity contribution >= 4 is 27.1 Å². The molecule has 0 aliphatic carbocycles. The lowest BCUT2D eigenvalue weighted by atomic mass is 10.2. The monoisotopic (exact) mass is 216 g/mol. The lowest BCUT2D eigenvalue weighted by molar-refractivity contribution is 0.786. The average Bonchev–Trinajstić information content (AvgIpc) is 2.72. The number of benzene rings is 1. The van der Waals surface area contributed by atoms with E-state index >= 15 is 0 Å². The number of rotatable bonds is 3. The summed E-state index contributed by atoms with van der Waals surface area (Å²) in [4.78, 5) is 0. The van der Waals surface area contributed by atoms with Gasteiger partial charge in [0, 0.05) is 16.9 Å². The number of hydrogen-bond donors (Lipinski definition) is 1. The first-order valence-electron chi connectivity index (χ1n) is 4.90. The van der Waals surface area contributed by atoms with Crippen LogP contribution in [0.1, 0.15) is 6.92 Å². The van der Waals surface area contributed by atoms with Gasteiger partial charge in [0.1, 0.15) is 0 Å². The third-order valence-corrected chi connectivity index (χ3v) is 3.18. The number of nitrogens with one attached hydrogen (secondary N) is 1. The van der Waals surface area contributed by atoms with Crippen molar-refractivity contribution < 1.29 is 0 Å². The molecular weight excluding hydrogens is 204 g/mol. The molecule has 1 heterocycles. The number of fused-ring (bicyclic) bond motifs is 1. The summed E-state index contributed by atoms with van der Waals surface area (Å²) in [6.45, 7) is 2.61. The van der Waals surface area contributed by atoms with Gasteiger partial charge in [-0.15, -0.1) is 11.3 Å². The highest BCUT2D eigenvalue weighted by Gasteiger charge is 2.00. The molecule has 1 N–H and O–H groups in total. The van der Waals surface area contributed by atoms with Crippen LogP contribution in [0.5, 0.6) is 0 Å². The Kier molecular flexibility index (Phi) is 2.89. The molecule has 0 bridgehead atoms. The molecule has 15 heavy (non-hydrogen) atoms. The van der Waals surface area contributed by atoms with E-state index in [1.165, 1.54) is 10.1 Å². The zero-order valence-corrected chi connectivity index (χ0v) is 9.34. The summed E-state index contributed by atoms with van der Waals surface area (Å²) in [7, 11) is 0. The van der Waals surface area contributed by atoms with Crippen LogP contribution in [-0.4, -0.2) is 6.54 Å². The molecule has 0 radical (unpaired) electrons. The molecule has 0 amide bonds. The van der Waals surface area contributed by atoms with Crippen molar-refractivity contribution in [3.63, 3.8) is 0 Å². The summed E-state index contributed by atoms with van der Waals surface area (Å²) in [5.74, 6) is 0.0446. The Bertz CT molecular complexity index is 496. The fourth-order valence-electron chi connectivity index (χ4n) is 1.39. The average molecular weight is 216 g/mol. The van der Waals surface area contributed by atoms with Crippen LogP contribution < -0.4 is 5.32 Å². The second kappa shape index (κ2) is 4.33. The predicted octanol–water partition coefficient (Wildman–Crippen LogP) is 3.47. The predicted molar refractivity (Wildman–Crippen MR) is 65.1 cm³/mol. The van der Waals surface area contributed by atoms with Crippen LogP contribution >= 0.6 is 11.3 Å². The lowest BCUT2D eigenvalue weighted by Crippen LogP contribution is -2.08. The highest BCUT2D eigenvalue weighted by molar-refractivity contribution is 7.17. The highest BCUT2D eigenvalue weighted by atomic mass is 32.1. The van der Waals surface area contributed by atoms with Crippen LogP contribution in [0.15, 0.2) is 29.6 Å². The number of anilines is 1. The third kappa shape index (κ3) is 2.28. The molecule has 76 valence electrons. The number of thiophene rings is 1. The molecule has 3 heteroatoms. The quantitative estimate of drug-likeness (QED) is 0.852. The maximum absolute atomic E-state index is 8.66. The van der Waals surface area contributed by atoms with Crippen molar-refractivity contribution in [3.8, 4) is 6.07 Å². The number of nitriles is 1. The van der Waals surface area contributed by atoms with Gasteiger partial charge in [-0.3, -0.25) is 0 Å². The molecule has 2 nitrogen and oxygen atoms in total. The molecule has 1 unspecified atom stereocenters. The standard InChI is InChI=1S/C12H12N2S/c1-9(7-13)8-14-11-2-3-12-10(6-11)4-5-15-12/h2-6,9,14H,8H2,1H3. The fourth-order valence-corrected chi connectivity index (χ4v) is 2.16. The van der Waals surface area contributed by atoms with Crippen LogP contribution in [0.3, 0.4) is 0 Å². The van der Waals surface area contributed by atoms with E-state index in [4.69, 9.17) is 5.26 Å². The van der Waals surface area contributed by atoms with Crippen LogP contribution in [0.2, 0.25) is 0 Å². The third-order valence-electron chi connectivity index (χ3n) is 2.29. The van der Waals surface area contributed by atoms with Crippen LogP contribution in [0.25, 0.3) is 10.1 Å². The van der Waals surface area contributed by atoms with Gasteiger partial charge in [-0.2, -0.15) is 5.26 Å². The Hall–Kier alpha value is -1.53. The lowest BCUT2D eigenvalue weighted by Gasteiger charge is -2.07. The van der Waals surface area contributed by atoms with Gasteiger partial charge in [0.25, 0.3) is 0 Å². The number of nitrogens with zero attached hydrogens (tertiary/aromatic N) is 1. The van der Waals surface area contributed by atoms with Crippen LogP contribution in [0.4, 0.5) is 5.69 Å². The Balaban J connectivity index is 2.12. The maximum atomic E-state index is 8.66. The van der Waals surface area contributed by atoms with E-state index in [2.05, 4.69) is 41.0 Å². The molecule has 2 rings (SSSR count). The molecule has 0 aliphatic heterocycles. The van der Waals surface area contributed by atoms with Crippen molar-refractivity contribution in [2.24, 2.45) is 5.92 Å². The van der Waals surface area contributed by atoms with Gasteiger partial charge in [-0.25, -0.2) is 0 Å². The molecule has 0 saturated heterocycles. The molecule has 0 spiro atoms. The summed E-state index contributed by atoms with van der Waals surface area (Å²) in [5.41, 5.74) is 1.09. The minimum absolute atomic E-state index is 0.0446. The first kappa shape index (κ1) is 10.0. The topological polar surface area (TPSA) is 35.8 Å². The summed E-state index contributed by atoms with van der Waals surface area (Å²) in [6.07, 6.45) is 0. The highest BCUT2D eigenvalue weighted by Crippen LogP contribution is 2.23. The van der Waals surface area contributed by atoms with E-state index in [1.807, 2.05) is 6.92 Å². The second-order valence-electron chi connectivity index (χ2n) is 3.58. The van der Waals surface area contributed by atoms with Gasteiger partial charge >= 0.3 is 0 Å². The summed E-state index contributed by atoms with van der Waals surface area (Å²) < 4.78 is 1.30. The smallest absolute Gasteiger partial charge is 0.0671 e. The van der Waals surface area contributed by atoms with Crippen molar-refractivity contribution in [2.75, 3.05) is 11.9 Å². The first-order valence-corrected chi connectivity index (χ1v) is 5.78. The summed E-state index contributed by atoms with van der Waals surface area (Å²) in [6, 6.07) is 10.6. The zero-order valence-electron chi connectivity index (χ0n) is 8.53. The molecule has 1 aromatic carbocycles. The van der Waals surface area contributed by atoms with Gasteiger partial charge in [0.15, 0.2) is 0 Å². The van der Waals surface area contributed by atoms with Gasteiger partial charge in [-0.1, -0.05) is 0 Å². The second-order valence-corrected chi connectivity index (χ2v) is 4.53. The molecule has 0 aliphatic rings. The Labute approximate surface area is 93.2 Å². The van der Waals surface area contributed by atoms with Crippen molar-refractivity contribution in [1.82, 2.24) is 0 Å². The normalized spacial score (nSPS) is 12.3. The van der Waals surface area contributed by atoms with Crippen molar-refractivity contribution in [3.05, 3.63) is 29.6 Å². The van der Waals surface area contributed by atoms with Crippen molar-refractivity contribution in [1.29, 1.82) is 5.26 Å². The summed E-state index contributed by atoms with van der Waals surface area (Å²) >= 11 is 1.74. The van der Waals surface area contributed by atoms with Gasteiger partial charge in [0.05, 0.1) is 12.0 Å². The summed E-state index contributed by atoms with van der Waals surface area (Å²) in [5, 5.41) is 15.3. The van der Waals surface area contributed by atoms with Crippen molar-refractivity contribution in [2.45, 2.75) is 6.92 Å². The van der Waals surface area contributed by atoms with E-state index in [0.717, 1.165) is 5.69 Å². The van der Waals surface area contributed by atoms with E-state index in [0.29, 0.717) is 6.54 Å². The van der Waals surface area contributed by atoms with Gasteiger partial charge in [-0.05, 0) is 42.0 Å². The van der Waals surface area contributed by atoms with Crippen LogP contribution in [0, 0.1) is 17.2 Å². The van der Waals surface area contributed by atoms with Gasteiger partial charge < -0.3 is 5.32 Å². The minimum Gasteiger partial charge on any atom is -0.384 e.